The summed E-state index contributed by atoms with van der Waals surface area (Å²) in [4.78, 5) is 3.63. The number of ether oxygens (including phenoxy) is 1. The molecule has 1 heterocycles. The molecule has 1 aromatic carbocycles. The quantitative estimate of drug-likeness (QED) is 0.501. The smallest absolute Gasteiger partial charge is 0.218 e. The Bertz CT molecular complexity index is 610. The summed E-state index contributed by atoms with van der Waals surface area (Å²) in [5, 5.41) is 19.1. The number of halogens is 6. The summed E-state index contributed by atoms with van der Waals surface area (Å²) < 4.78 is 83.4. The highest BCUT2D eigenvalue weighted by Gasteiger charge is 2.32. The van der Waals surface area contributed by atoms with Gasteiger partial charge in [0.1, 0.15) is 0 Å². The van der Waals surface area contributed by atoms with Crippen molar-refractivity contribution in [1.82, 2.24) is 0 Å². The maximum atomic E-state index is 13.6. The number of hydrogen-bond donors (Lipinski definition) is 2. The first kappa shape index (κ1) is 17.5. The lowest BCUT2D eigenvalue weighted by atomic mass is 9.98. The van der Waals surface area contributed by atoms with Crippen molar-refractivity contribution in [1.29, 1.82) is 0 Å². The predicted octanol–water partition coefficient (Wildman–Crippen LogP) is 2.28. The van der Waals surface area contributed by atoms with Gasteiger partial charge in [-0.15, -0.1) is 0 Å². The monoisotopic (exact) mass is 343 g/mol. The van der Waals surface area contributed by atoms with E-state index in [1.807, 2.05) is 0 Å². The lowest BCUT2D eigenvalue weighted by Crippen LogP contribution is -2.31. The molecule has 0 amide bonds. The molecule has 3 unspecified atom stereocenters. The van der Waals surface area contributed by atoms with Crippen molar-refractivity contribution >= 4 is 5.90 Å². The topological polar surface area (TPSA) is 62.0 Å². The highest BCUT2D eigenvalue weighted by molar-refractivity contribution is 5.78. The first-order valence-electron chi connectivity index (χ1n) is 6.43. The van der Waals surface area contributed by atoms with Crippen LogP contribution in [-0.4, -0.2) is 35.1 Å². The molecule has 4 nitrogen and oxygen atoms in total. The molecule has 3 atom stereocenters. The van der Waals surface area contributed by atoms with Crippen LogP contribution in [0.2, 0.25) is 0 Å². The summed E-state index contributed by atoms with van der Waals surface area (Å²) >= 11 is 0. The first-order valence-corrected chi connectivity index (χ1v) is 6.43. The van der Waals surface area contributed by atoms with Crippen LogP contribution in [0.3, 0.4) is 0 Å². The fraction of sp³-hybridized carbons (Fsp3) is 0.462. The summed E-state index contributed by atoms with van der Waals surface area (Å²) in [6, 6.07) is -1.02. The van der Waals surface area contributed by atoms with Crippen LogP contribution in [0.15, 0.2) is 4.99 Å². The second-order valence-electron chi connectivity index (χ2n) is 4.85. The van der Waals surface area contributed by atoms with E-state index in [1.54, 1.807) is 0 Å². The zero-order valence-corrected chi connectivity index (χ0v) is 11.4. The molecule has 1 aliphatic heterocycles. The minimum absolute atomic E-state index is 0.240. The number of alkyl halides is 1. The summed E-state index contributed by atoms with van der Waals surface area (Å²) in [6.45, 7) is -1.16. The van der Waals surface area contributed by atoms with Crippen LogP contribution in [-0.2, 0) is 4.74 Å². The van der Waals surface area contributed by atoms with E-state index in [0.717, 1.165) is 0 Å². The number of nitrogens with zero attached hydrogens (tertiary/aromatic N) is 1. The van der Waals surface area contributed by atoms with E-state index in [0.29, 0.717) is 0 Å². The molecule has 1 aliphatic rings. The van der Waals surface area contributed by atoms with Crippen LogP contribution >= 0.6 is 0 Å². The molecule has 1 aromatic rings. The van der Waals surface area contributed by atoms with E-state index < -0.39 is 72.1 Å². The van der Waals surface area contributed by atoms with Crippen LogP contribution in [0.4, 0.5) is 26.3 Å². The van der Waals surface area contributed by atoms with Crippen LogP contribution in [0.1, 0.15) is 24.5 Å². The normalized spacial score (nSPS) is 22.5. The molecule has 0 bridgehead atoms. The lowest BCUT2D eigenvalue weighted by Gasteiger charge is -2.26. The standard InChI is InChI=1S/C13H11F6NO3/c14-3-6-20-4(2-7(22)23-6)1-5(21)8-9(15)11(17)13(19)12(18)10(8)16/h4-5,7,21-22H,1-3H2. The molecule has 0 spiro atoms. The summed E-state index contributed by atoms with van der Waals surface area (Å²) in [5.74, 6) is -11.5. The van der Waals surface area contributed by atoms with Crippen molar-refractivity contribution in [2.45, 2.75) is 31.3 Å². The summed E-state index contributed by atoms with van der Waals surface area (Å²) in [6.07, 6.45) is -4.38. The number of aliphatic hydroxyl groups is 2. The minimum atomic E-state index is -2.34. The highest BCUT2D eigenvalue weighted by Crippen LogP contribution is 2.31. The highest BCUT2D eigenvalue weighted by atomic mass is 19.2. The van der Waals surface area contributed by atoms with Crippen LogP contribution in [0.25, 0.3) is 0 Å². The molecule has 2 N–H and O–H groups in total. The zero-order valence-electron chi connectivity index (χ0n) is 11.4. The van der Waals surface area contributed by atoms with Gasteiger partial charge in [0.15, 0.2) is 29.9 Å². The second kappa shape index (κ2) is 6.75. The molecule has 0 fully saturated rings. The fourth-order valence-corrected chi connectivity index (χ4v) is 2.23. The molecule has 0 aromatic heterocycles. The Hall–Kier alpha value is -1.81. The number of aliphatic hydroxyl groups excluding tert-OH is 2. The van der Waals surface area contributed by atoms with Gasteiger partial charge in [-0.2, -0.15) is 0 Å². The van der Waals surface area contributed by atoms with Gasteiger partial charge in [-0.1, -0.05) is 0 Å². The van der Waals surface area contributed by atoms with Crippen molar-refractivity contribution in [3.63, 3.8) is 0 Å². The Morgan fingerprint density at radius 3 is 2.09 bits per heavy atom. The Morgan fingerprint density at radius 2 is 1.57 bits per heavy atom. The molecule has 0 saturated heterocycles. The van der Waals surface area contributed by atoms with Gasteiger partial charge < -0.3 is 14.9 Å². The molecular weight excluding hydrogens is 332 g/mol. The molecule has 2 rings (SSSR count). The Kier molecular flexibility index (Phi) is 5.15. The van der Waals surface area contributed by atoms with Crippen LogP contribution < -0.4 is 0 Å². The second-order valence-corrected chi connectivity index (χ2v) is 4.85. The third kappa shape index (κ3) is 3.42. The maximum Gasteiger partial charge on any atom is 0.218 e. The van der Waals surface area contributed by atoms with Gasteiger partial charge in [-0.05, 0) is 0 Å². The molecule has 23 heavy (non-hydrogen) atoms. The van der Waals surface area contributed by atoms with Gasteiger partial charge in [0.2, 0.25) is 18.0 Å². The molecule has 128 valence electrons. The number of rotatable bonds is 4. The van der Waals surface area contributed by atoms with E-state index >= 15 is 0 Å². The van der Waals surface area contributed by atoms with E-state index in [-0.39, 0.29) is 6.42 Å². The zero-order chi connectivity index (χ0) is 17.3. The van der Waals surface area contributed by atoms with Crippen LogP contribution in [0.5, 0.6) is 0 Å². The molecule has 10 heteroatoms. The van der Waals surface area contributed by atoms with Crippen molar-refractivity contribution in [2.24, 2.45) is 4.99 Å². The number of aliphatic imine (C=N–C) groups is 1. The average molecular weight is 343 g/mol. The fourth-order valence-electron chi connectivity index (χ4n) is 2.23. The Morgan fingerprint density at radius 1 is 1.04 bits per heavy atom. The van der Waals surface area contributed by atoms with Crippen molar-refractivity contribution in [3.8, 4) is 0 Å². The maximum absolute atomic E-state index is 13.6. The number of hydrogen-bond acceptors (Lipinski definition) is 4. The van der Waals surface area contributed by atoms with E-state index in [4.69, 9.17) is 0 Å². The van der Waals surface area contributed by atoms with Gasteiger partial charge in [-0.25, -0.2) is 31.3 Å². The van der Waals surface area contributed by atoms with Crippen molar-refractivity contribution in [2.75, 3.05) is 6.67 Å². The van der Waals surface area contributed by atoms with E-state index in [2.05, 4.69) is 9.73 Å². The third-order valence-corrected chi connectivity index (χ3v) is 3.26. The molecule has 0 radical (unpaired) electrons. The summed E-state index contributed by atoms with van der Waals surface area (Å²) in [7, 11) is 0. The summed E-state index contributed by atoms with van der Waals surface area (Å²) in [5.41, 5.74) is -1.40. The lowest BCUT2D eigenvalue weighted by molar-refractivity contribution is -0.0530. The van der Waals surface area contributed by atoms with Gasteiger partial charge in [0, 0.05) is 12.8 Å². The molecule has 0 aliphatic carbocycles. The number of benzene rings is 1. The predicted molar refractivity (Wildman–Crippen MR) is 64.7 cm³/mol. The molecule has 0 saturated carbocycles. The van der Waals surface area contributed by atoms with Crippen LogP contribution in [0, 0.1) is 29.1 Å². The van der Waals surface area contributed by atoms with E-state index in [9.17, 15) is 36.6 Å². The van der Waals surface area contributed by atoms with Gasteiger partial charge in [0.25, 0.3) is 0 Å². The van der Waals surface area contributed by atoms with Gasteiger partial charge >= 0.3 is 0 Å². The molecular formula is C13H11F6NO3. The SMILES string of the molecule is OC1CC(CC(O)c2c(F)c(F)c(F)c(F)c2F)N=C(CF)O1. The van der Waals surface area contributed by atoms with Gasteiger partial charge in [-0.3, -0.25) is 0 Å². The van der Waals surface area contributed by atoms with Crippen molar-refractivity contribution < 1.29 is 41.3 Å². The minimum Gasteiger partial charge on any atom is -0.449 e. The van der Waals surface area contributed by atoms with Crippen molar-refractivity contribution in [3.05, 3.63) is 34.6 Å². The largest absolute Gasteiger partial charge is 0.449 e. The van der Waals surface area contributed by atoms with Gasteiger partial charge in [0.05, 0.1) is 17.7 Å². The Labute approximate surface area is 126 Å². The average Bonchev–Trinajstić information content (AvgIpc) is 2.50. The van der Waals surface area contributed by atoms with E-state index in [1.165, 1.54) is 0 Å². The third-order valence-electron chi connectivity index (χ3n) is 3.26. The Balaban J connectivity index is 2.30. The first-order chi connectivity index (χ1) is 10.8.